The molecular weight excluding hydrogens is 176 g/mol. The average molecular weight is 192 g/mol. The number of nitrogens with zero attached hydrogens (tertiary/aromatic N) is 3. The topological polar surface area (TPSA) is 53.6 Å². The Morgan fingerprint density at radius 2 is 2.43 bits per heavy atom. The molecule has 0 atom stereocenters. The zero-order valence-electron chi connectivity index (χ0n) is 8.53. The van der Waals surface area contributed by atoms with Crippen molar-refractivity contribution in [2.75, 3.05) is 13.1 Å². The van der Waals surface area contributed by atoms with Gasteiger partial charge in [0.25, 0.3) is 0 Å². The van der Waals surface area contributed by atoms with Gasteiger partial charge in [-0.25, -0.2) is 4.98 Å². The van der Waals surface area contributed by atoms with Crippen LogP contribution < -0.4 is 5.32 Å². The molecule has 0 aliphatic heterocycles. The van der Waals surface area contributed by atoms with Crippen molar-refractivity contribution in [2.24, 2.45) is 7.05 Å². The van der Waals surface area contributed by atoms with Crippen LogP contribution >= 0.6 is 0 Å². The highest BCUT2D eigenvalue weighted by Gasteiger charge is 1.97. The molecule has 0 saturated heterocycles. The SMILES string of the molecule is Cn1ccnc1CCNCCCC#N. The second kappa shape index (κ2) is 6.17. The second-order valence-electron chi connectivity index (χ2n) is 3.22. The Hall–Kier alpha value is -1.34. The lowest BCUT2D eigenvalue weighted by molar-refractivity contribution is 0.634. The van der Waals surface area contributed by atoms with Crippen molar-refractivity contribution in [3.05, 3.63) is 18.2 Å². The maximum Gasteiger partial charge on any atom is 0.109 e. The first-order chi connectivity index (χ1) is 6.84. The Morgan fingerprint density at radius 3 is 3.07 bits per heavy atom. The normalized spacial score (nSPS) is 10.0. The van der Waals surface area contributed by atoms with Crippen molar-refractivity contribution in [1.82, 2.24) is 14.9 Å². The number of aromatic nitrogens is 2. The number of hydrogen-bond donors (Lipinski definition) is 1. The molecule has 0 radical (unpaired) electrons. The molecule has 0 bridgehead atoms. The van der Waals surface area contributed by atoms with Crippen LogP contribution in [0.4, 0.5) is 0 Å². The first-order valence-corrected chi connectivity index (χ1v) is 4.88. The fourth-order valence-electron chi connectivity index (χ4n) is 1.26. The van der Waals surface area contributed by atoms with E-state index in [1.807, 2.05) is 24.0 Å². The van der Waals surface area contributed by atoms with Crippen LogP contribution in [0.1, 0.15) is 18.7 Å². The van der Waals surface area contributed by atoms with Crippen molar-refractivity contribution in [2.45, 2.75) is 19.3 Å². The lowest BCUT2D eigenvalue weighted by Crippen LogP contribution is -2.19. The van der Waals surface area contributed by atoms with E-state index < -0.39 is 0 Å². The molecule has 0 fully saturated rings. The standard InChI is InChI=1S/C10H16N4/c1-14-9-8-13-10(14)4-7-12-6-3-2-5-11/h8-9,12H,2-4,6-7H2,1H3. The maximum atomic E-state index is 8.32. The zero-order chi connectivity index (χ0) is 10.2. The number of imidazole rings is 1. The van der Waals surface area contributed by atoms with Gasteiger partial charge in [0, 0.05) is 38.8 Å². The van der Waals surface area contributed by atoms with Gasteiger partial charge in [0.2, 0.25) is 0 Å². The molecule has 0 unspecified atom stereocenters. The summed E-state index contributed by atoms with van der Waals surface area (Å²) >= 11 is 0. The van der Waals surface area contributed by atoms with Gasteiger partial charge in [0.05, 0.1) is 6.07 Å². The zero-order valence-corrected chi connectivity index (χ0v) is 8.53. The van der Waals surface area contributed by atoms with E-state index in [1.54, 1.807) is 0 Å². The predicted molar refractivity (Wildman–Crippen MR) is 54.6 cm³/mol. The Bertz CT molecular complexity index is 297. The molecule has 1 aromatic rings. The van der Waals surface area contributed by atoms with E-state index in [-0.39, 0.29) is 0 Å². The number of nitrogens with one attached hydrogen (secondary N) is 1. The Labute approximate surface area is 84.6 Å². The summed E-state index contributed by atoms with van der Waals surface area (Å²) in [4.78, 5) is 4.22. The summed E-state index contributed by atoms with van der Waals surface area (Å²) < 4.78 is 2.02. The van der Waals surface area contributed by atoms with Gasteiger partial charge in [-0.15, -0.1) is 0 Å². The highest BCUT2D eigenvalue weighted by Crippen LogP contribution is 1.94. The van der Waals surface area contributed by atoms with E-state index in [1.165, 1.54) is 0 Å². The number of aryl methyl sites for hydroxylation is 1. The van der Waals surface area contributed by atoms with Crippen LogP contribution in [0.25, 0.3) is 0 Å². The molecule has 4 nitrogen and oxygen atoms in total. The fraction of sp³-hybridized carbons (Fsp3) is 0.600. The van der Waals surface area contributed by atoms with Crippen molar-refractivity contribution < 1.29 is 0 Å². The van der Waals surface area contributed by atoms with Gasteiger partial charge in [0.1, 0.15) is 5.82 Å². The Kier molecular flexibility index (Phi) is 4.73. The molecule has 0 aromatic carbocycles. The van der Waals surface area contributed by atoms with E-state index in [9.17, 15) is 0 Å². The van der Waals surface area contributed by atoms with Gasteiger partial charge in [-0.05, 0) is 13.0 Å². The monoisotopic (exact) mass is 192 g/mol. The summed E-state index contributed by atoms with van der Waals surface area (Å²) in [5.41, 5.74) is 0. The van der Waals surface area contributed by atoms with E-state index in [0.29, 0.717) is 6.42 Å². The van der Waals surface area contributed by atoms with Crippen LogP contribution in [0.3, 0.4) is 0 Å². The molecule has 1 aromatic heterocycles. The quantitative estimate of drug-likeness (QED) is 0.680. The van der Waals surface area contributed by atoms with Gasteiger partial charge in [-0.3, -0.25) is 0 Å². The van der Waals surface area contributed by atoms with Crippen LogP contribution in [-0.4, -0.2) is 22.6 Å². The van der Waals surface area contributed by atoms with Gasteiger partial charge < -0.3 is 9.88 Å². The van der Waals surface area contributed by atoms with Crippen LogP contribution in [0.15, 0.2) is 12.4 Å². The number of nitriles is 1. The molecular formula is C10H16N4. The molecule has 0 spiro atoms. The fourth-order valence-corrected chi connectivity index (χ4v) is 1.26. The minimum Gasteiger partial charge on any atom is -0.338 e. The molecule has 0 aliphatic rings. The maximum absolute atomic E-state index is 8.32. The smallest absolute Gasteiger partial charge is 0.109 e. The first kappa shape index (κ1) is 10.7. The number of rotatable bonds is 6. The lowest BCUT2D eigenvalue weighted by Gasteiger charge is -2.03. The third-order valence-corrected chi connectivity index (χ3v) is 2.09. The number of hydrogen-bond acceptors (Lipinski definition) is 3. The van der Waals surface area contributed by atoms with Gasteiger partial charge in [-0.1, -0.05) is 0 Å². The summed E-state index contributed by atoms with van der Waals surface area (Å²) in [6, 6.07) is 2.12. The van der Waals surface area contributed by atoms with E-state index >= 15 is 0 Å². The van der Waals surface area contributed by atoms with Crippen molar-refractivity contribution in [3.8, 4) is 6.07 Å². The van der Waals surface area contributed by atoms with Gasteiger partial charge in [-0.2, -0.15) is 5.26 Å². The minimum atomic E-state index is 0.634. The molecule has 0 aliphatic carbocycles. The summed E-state index contributed by atoms with van der Waals surface area (Å²) in [6.07, 6.45) is 6.26. The first-order valence-electron chi connectivity index (χ1n) is 4.88. The highest BCUT2D eigenvalue weighted by atomic mass is 15.0. The lowest BCUT2D eigenvalue weighted by atomic mass is 10.3. The Morgan fingerprint density at radius 1 is 1.57 bits per heavy atom. The molecule has 1 heterocycles. The van der Waals surface area contributed by atoms with Crippen molar-refractivity contribution in [3.63, 3.8) is 0 Å². The summed E-state index contributed by atoms with van der Waals surface area (Å²) in [7, 11) is 2.00. The van der Waals surface area contributed by atoms with E-state index in [0.717, 1.165) is 31.8 Å². The molecule has 14 heavy (non-hydrogen) atoms. The molecule has 1 rings (SSSR count). The summed E-state index contributed by atoms with van der Waals surface area (Å²) in [5.74, 6) is 1.10. The van der Waals surface area contributed by atoms with Crippen LogP contribution in [0, 0.1) is 11.3 Å². The predicted octanol–water partition coefficient (Wildman–Crippen LogP) is 0.856. The van der Waals surface area contributed by atoms with Crippen LogP contribution in [0.5, 0.6) is 0 Å². The van der Waals surface area contributed by atoms with Crippen LogP contribution in [0.2, 0.25) is 0 Å². The van der Waals surface area contributed by atoms with Crippen LogP contribution in [-0.2, 0) is 13.5 Å². The average Bonchev–Trinajstić information content (AvgIpc) is 2.58. The largest absolute Gasteiger partial charge is 0.338 e. The summed E-state index contributed by atoms with van der Waals surface area (Å²) in [6.45, 7) is 1.84. The highest BCUT2D eigenvalue weighted by molar-refractivity contribution is 4.91. The third-order valence-electron chi connectivity index (χ3n) is 2.09. The molecule has 1 N–H and O–H groups in total. The van der Waals surface area contributed by atoms with Crippen molar-refractivity contribution in [1.29, 1.82) is 5.26 Å². The molecule has 76 valence electrons. The molecule has 0 amide bonds. The number of unbranched alkanes of at least 4 members (excludes halogenated alkanes) is 1. The molecule has 4 heteroatoms. The van der Waals surface area contributed by atoms with Gasteiger partial charge >= 0.3 is 0 Å². The summed E-state index contributed by atoms with van der Waals surface area (Å²) in [5, 5.41) is 11.6. The van der Waals surface area contributed by atoms with E-state index in [2.05, 4.69) is 16.4 Å². The Balaban J connectivity index is 2.05. The van der Waals surface area contributed by atoms with Crippen molar-refractivity contribution >= 4 is 0 Å². The van der Waals surface area contributed by atoms with E-state index in [4.69, 9.17) is 5.26 Å². The second-order valence-corrected chi connectivity index (χ2v) is 3.22. The molecule has 0 saturated carbocycles. The third kappa shape index (κ3) is 3.58. The van der Waals surface area contributed by atoms with Gasteiger partial charge in [0.15, 0.2) is 0 Å². The minimum absolute atomic E-state index is 0.634.